The fourth-order valence-corrected chi connectivity index (χ4v) is 2.44. The van der Waals surface area contributed by atoms with Crippen molar-refractivity contribution in [3.05, 3.63) is 69.8 Å². The van der Waals surface area contributed by atoms with Crippen molar-refractivity contribution in [2.75, 3.05) is 12.8 Å². The van der Waals surface area contributed by atoms with Crippen molar-refractivity contribution >= 4 is 17.4 Å². The largest absolute Gasteiger partial charge is 0.387 e. The zero-order chi connectivity index (χ0) is 15.9. The van der Waals surface area contributed by atoms with Gasteiger partial charge in [-0.3, -0.25) is 10.1 Å². The number of nitrogens with zero attached hydrogens (tertiary/aromatic N) is 1. The van der Waals surface area contributed by atoms with Crippen molar-refractivity contribution in [1.29, 1.82) is 0 Å². The minimum Gasteiger partial charge on any atom is -0.387 e. The van der Waals surface area contributed by atoms with Crippen molar-refractivity contribution in [3.8, 4) is 0 Å². The molecule has 2 aromatic rings. The Morgan fingerprint density at radius 3 is 2.36 bits per heavy atom. The lowest BCUT2D eigenvalue weighted by atomic mass is 10.1. The van der Waals surface area contributed by atoms with Crippen LogP contribution in [0.5, 0.6) is 0 Å². The summed E-state index contributed by atoms with van der Waals surface area (Å²) < 4.78 is 0. The molecule has 6 heteroatoms. The van der Waals surface area contributed by atoms with Crippen LogP contribution in [0.4, 0.5) is 5.69 Å². The summed E-state index contributed by atoms with van der Waals surface area (Å²) in [6.07, 6.45) is 1.35. The number of nitro benzene ring substituents is 1. The molecule has 116 valence electrons. The van der Waals surface area contributed by atoms with Gasteiger partial charge in [0.05, 0.1) is 11.0 Å². The molecule has 0 saturated carbocycles. The van der Waals surface area contributed by atoms with Crippen molar-refractivity contribution in [2.45, 2.75) is 17.5 Å². The van der Waals surface area contributed by atoms with E-state index >= 15 is 0 Å². The number of thioether (sulfide) groups is 1. The van der Waals surface area contributed by atoms with E-state index in [2.05, 4.69) is 29.6 Å². The minimum atomic E-state index is -0.689. The Morgan fingerprint density at radius 2 is 1.82 bits per heavy atom. The van der Waals surface area contributed by atoms with E-state index in [1.54, 1.807) is 23.9 Å². The van der Waals surface area contributed by atoms with E-state index in [0.717, 1.165) is 5.56 Å². The van der Waals surface area contributed by atoms with E-state index in [1.165, 1.54) is 17.0 Å². The number of nitro groups is 1. The van der Waals surface area contributed by atoms with Gasteiger partial charge < -0.3 is 10.4 Å². The molecule has 0 heterocycles. The molecule has 0 radical (unpaired) electrons. The van der Waals surface area contributed by atoms with Crippen LogP contribution in [-0.2, 0) is 6.54 Å². The van der Waals surface area contributed by atoms with Crippen LogP contribution in [0.15, 0.2) is 53.4 Å². The first-order valence-corrected chi connectivity index (χ1v) is 8.08. The average Bonchev–Trinajstić information content (AvgIpc) is 2.55. The summed E-state index contributed by atoms with van der Waals surface area (Å²) in [6, 6.07) is 14.2. The van der Waals surface area contributed by atoms with Crippen LogP contribution in [0.2, 0.25) is 0 Å². The first kappa shape index (κ1) is 16.5. The van der Waals surface area contributed by atoms with Gasteiger partial charge in [-0.2, -0.15) is 0 Å². The second kappa shape index (κ2) is 7.93. The number of nitrogens with one attached hydrogen (secondary N) is 1. The first-order chi connectivity index (χ1) is 10.6. The van der Waals surface area contributed by atoms with Crippen LogP contribution in [-0.4, -0.2) is 22.8 Å². The third kappa shape index (κ3) is 4.56. The van der Waals surface area contributed by atoms with Gasteiger partial charge in [0.1, 0.15) is 0 Å². The Hall–Kier alpha value is -1.89. The van der Waals surface area contributed by atoms with Crippen LogP contribution in [0.3, 0.4) is 0 Å². The third-order valence-corrected chi connectivity index (χ3v) is 4.06. The molecule has 0 aliphatic rings. The molecule has 0 fully saturated rings. The Morgan fingerprint density at radius 1 is 1.18 bits per heavy atom. The van der Waals surface area contributed by atoms with E-state index in [0.29, 0.717) is 18.7 Å². The molecular formula is C16H18N2O3S. The summed E-state index contributed by atoms with van der Waals surface area (Å²) in [5.74, 6) is 0. The molecular weight excluding hydrogens is 300 g/mol. The summed E-state index contributed by atoms with van der Waals surface area (Å²) in [6.45, 7) is 1.06. The van der Waals surface area contributed by atoms with Gasteiger partial charge >= 0.3 is 0 Å². The topological polar surface area (TPSA) is 75.4 Å². The monoisotopic (exact) mass is 318 g/mol. The van der Waals surface area contributed by atoms with Crippen molar-refractivity contribution in [2.24, 2.45) is 0 Å². The van der Waals surface area contributed by atoms with Crippen molar-refractivity contribution in [1.82, 2.24) is 5.32 Å². The summed E-state index contributed by atoms with van der Waals surface area (Å²) >= 11 is 1.70. The third-order valence-electron chi connectivity index (χ3n) is 3.31. The molecule has 0 aromatic heterocycles. The van der Waals surface area contributed by atoms with Gasteiger partial charge in [0.2, 0.25) is 0 Å². The number of rotatable bonds is 7. The number of hydrogen-bond acceptors (Lipinski definition) is 5. The highest BCUT2D eigenvalue weighted by Crippen LogP contribution is 2.18. The highest BCUT2D eigenvalue weighted by molar-refractivity contribution is 7.98. The summed E-state index contributed by atoms with van der Waals surface area (Å²) in [5.41, 5.74) is 1.84. The molecule has 2 rings (SSSR count). The quantitative estimate of drug-likeness (QED) is 0.466. The number of aliphatic hydroxyl groups excluding tert-OH is 1. The normalized spacial score (nSPS) is 12.1. The highest BCUT2D eigenvalue weighted by atomic mass is 32.2. The fraction of sp³-hybridized carbons (Fsp3) is 0.250. The highest BCUT2D eigenvalue weighted by Gasteiger charge is 2.10. The van der Waals surface area contributed by atoms with Gasteiger partial charge in [-0.1, -0.05) is 12.1 Å². The second-order valence-electron chi connectivity index (χ2n) is 4.84. The lowest BCUT2D eigenvalue weighted by molar-refractivity contribution is -0.384. The number of hydrogen-bond donors (Lipinski definition) is 2. The number of non-ortho nitro benzene ring substituents is 1. The summed E-state index contributed by atoms with van der Waals surface area (Å²) in [7, 11) is 0. The molecule has 0 aliphatic heterocycles. The first-order valence-electron chi connectivity index (χ1n) is 6.86. The van der Waals surface area contributed by atoms with Gasteiger partial charge in [-0.05, 0) is 41.6 Å². The Kier molecular flexibility index (Phi) is 5.94. The zero-order valence-corrected chi connectivity index (χ0v) is 13.0. The lowest BCUT2D eigenvalue weighted by Crippen LogP contribution is -2.21. The molecule has 0 spiro atoms. The minimum absolute atomic E-state index is 0.0257. The van der Waals surface area contributed by atoms with Crippen molar-refractivity contribution < 1.29 is 10.0 Å². The molecule has 0 unspecified atom stereocenters. The maximum atomic E-state index is 10.6. The fourth-order valence-electron chi connectivity index (χ4n) is 2.03. The van der Waals surface area contributed by atoms with Gasteiger partial charge in [0, 0.05) is 30.1 Å². The van der Waals surface area contributed by atoms with Crippen LogP contribution >= 0.6 is 11.8 Å². The summed E-state index contributed by atoms with van der Waals surface area (Å²) in [5, 5.41) is 23.8. The Labute approximate surface area is 133 Å². The predicted molar refractivity (Wildman–Crippen MR) is 88.0 cm³/mol. The average molecular weight is 318 g/mol. The van der Waals surface area contributed by atoms with Crippen LogP contribution in [0.25, 0.3) is 0 Å². The molecule has 0 bridgehead atoms. The van der Waals surface area contributed by atoms with E-state index in [9.17, 15) is 15.2 Å². The molecule has 0 amide bonds. The molecule has 0 aliphatic carbocycles. The Bertz CT molecular complexity index is 614. The summed E-state index contributed by atoms with van der Waals surface area (Å²) in [4.78, 5) is 11.4. The molecule has 2 N–H and O–H groups in total. The Balaban J connectivity index is 1.83. The maximum Gasteiger partial charge on any atom is 0.269 e. The van der Waals surface area contributed by atoms with E-state index < -0.39 is 11.0 Å². The molecule has 0 saturated heterocycles. The predicted octanol–water partition coefficient (Wildman–Crippen LogP) is 3.14. The van der Waals surface area contributed by atoms with Gasteiger partial charge in [-0.25, -0.2) is 0 Å². The standard InChI is InChI=1S/C16H18N2O3S/c1-22-15-8-2-12(3-9-15)10-17-11-16(19)13-4-6-14(7-5-13)18(20)21/h2-9,16-17,19H,10-11H2,1H3/t16-/m0/s1. The van der Waals surface area contributed by atoms with E-state index in [1.807, 2.05) is 6.26 Å². The van der Waals surface area contributed by atoms with Crippen molar-refractivity contribution in [3.63, 3.8) is 0 Å². The van der Waals surface area contributed by atoms with Gasteiger partial charge in [0.25, 0.3) is 5.69 Å². The molecule has 22 heavy (non-hydrogen) atoms. The number of benzene rings is 2. The second-order valence-corrected chi connectivity index (χ2v) is 5.72. The van der Waals surface area contributed by atoms with Crippen LogP contribution in [0, 0.1) is 10.1 Å². The van der Waals surface area contributed by atoms with Gasteiger partial charge in [-0.15, -0.1) is 11.8 Å². The van der Waals surface area contributed by atoms with Crippen LogP contribution < -0.4 is 5.32 Å². The SMILES string of the molecule is CSc1ccc(CNC[C@H](O)c2ccc([N+](=O)[O-])cc2)cc1. The smallest absolute Gasteiger partial charge is 0.269 e. The van der Waals surface area contributed by atoms with Gasteiger partial charge in [0.15, 0.2) is 0 Å². The zero-order valence-electron chi connectivity index (χ0n) is 12.2. The maximum absolute atomic E-state index is 10.6. The molecule has 1 atom stereocenters. The van der Waals surface area contributed by atoms with E-state index in [4.69, 9.17) is 0 Å². The number of aliphatic hydroxyl groups is 1. The molecule has 5 nitrogen and oxygen atoms in total. The lowest BCUT2D eigenvalue weighted by Gasteiger charge is -2.12. The molecule has 2 aromatic carbocycles. The van der Waals surface area contributed by atoms with E-state index in [-0.39, 0.29) is 5.69 Å². The van der Waals surface area contributed by atoms with Crippen LogP contribution in [0.1, 0.15) is 17.2 Å².